The molecule has 6 nitrogen and oxygen atoms in total. The van der Waals surface area contributed by atoms with Crippen LogP contribution in [0.2, 0.25) is 59.4 Å². The molecule has 1 aromatic carbocycles. The van der Waals surface area contributed by atoms with Gasteiger partial charge in [0.1, 0.15) is 12.2 Å². The fraction of sp³-hybridized carbons (Fsp3) is 0.784. The summed E-state index contributed by atoms with van der Waals surface area (Å²) in [5, 5.41) is 0.325. The Balaban J connectivity index is 2.73. The highest BCUT2D eigenvalue weighted by Crippen LogP contribution is 2.47. The topological polar surface area (TPSA) is 63.2 Å². The molecule has 0 saturated carbocycles. The third kappa shape index (κ3) is 12.0. The van der Waals surface area contributed by atoms with Gasteiger partial charge in [0.05, 0.1) is 24.9 Å². The number of hydrogen-bond acceptors (Lipinski definition) is 8. The molecule has 0 aliphatic carbocycles. The minimum Gasteiger partial charge on any atom is -0.479 e. The summed E-state index contributed by atoms with van der Waals surface area (Å²) in [5.41, 5.74) is 0.635. The first kappa shape index (κ1) is 45.1. The van der Waals surface area contributed by atoms with Crippen LogP contribution in [0.15, 0.2) is 24.3 Å². The molecule has 49 heavy (non-hydrogen) atoms. The van der Waals surface area contributed by atoms with Crippen LogP contribution in [0.25, 0.3) is 0 Å². The van der Waals surface area contributed by atoms with Gasteiger partial charge in [0, 0.05) is 22.3 Å². The first-order valence-electron chi connectivity index (χ1n) is 17.9. The van der Waals surface area contributed by atoms with Crippen molar-refractivity contribution in [2.75, 3.05) is 6.61 Å². The number of halogens is 1. The van der Waals surface area contributed by atoms with Gasteiger partial charge >= 0.3 is 0 Å². The van der Waals surface area contributed by atoms with Gasteiger partial charge in [-0.05, 0) is 111 Å². The van der Waals surface area contributed by atoms with E-state index in [2.05, 4.69) is 109 Å². The average Bonchev–Trinajstić information content (AvgIpc) is 3.25. The van der Waals surface area contributed by atoms with E-state index >= 15 is 0 Å². The molecule has 0 amide bonds. The number of benzene rings is 1. The van der Waals surface area contributed by atoms with Crippen LogP contribution >= 0.6 is 35.6 Å². The van der Waals surface area contributed by atoms with Gasteiger partial charge in [-0.15, -0.1) is 0 Å². The van der Waals surface area contributed by atoms with Gasteiger partial charge in [-0.25, -0.2) is 0 Å². The molecule has 1 heterocycles. The maximum Gasteiger partial charge on any atom is 0.220 e. The Morgan fingerprint density at radius 3 is 1.71 bits per heavy atom. The van der Waals surface area contributed by atoms with E-state index in [9.17, 15) is 4.79 Å². The predicted molar refractivity (Wildman–Crippen MR) is 221 cm³/mol. The number of thiocarbonyl (C=S) groups is 1. The average molecular weight is 792 g/mol. The summed E-state index contributed by atoms with van der Waals surface area (Å²) in [4.78, 5) is 13.5. The molecule has 0 unspecified atom stereocenters. The van der Waals surface area contributed by atoms with Crippen LogP contribution in [0.1, 0.15) is 99.4 Å². The monoisotopic (exact) mass is 790 g/mol. The maximum absolute atomic E-state index is 13.5. The molecule has 0 radical (unpaired) electrons. The molecule has 0 spiro atoms. The molecule has 0 bridgehead atoms. The van der Waals surface area contributed by atoms with Gasteiger partial charge in [0.25, 0.3) is 0 Å². The van der Waals surface area contributed by atoms with E-state index in [4.69, 9.17) is 46.6 Å². The van der Waals surface area contributed by atoms with Crippen molar-refractivity contribution < 1.29 is 27.5 Å². The smallest absolute Gasteiger partial charge is 0.220 e. The highest BCUT2D eigenvalue weighted by Gasteiger charge is 2.57. The first-order valence-corrected chi connectivity index (χ1v) is 28.2. The fourth-order valence-corrected chi connectivity index (χ4v) is 10.7. The van der Waals surface area contributed by atoms with Crippen molar-refractivity contribution in [3.05, 3.63) is 34.9 Å². The Hall–Kier alpha value is -0.0894. The van der Waals surface area contributed by atoms with Crippen LogP contribution in [0.4, 0.5) is 0 Å². The minimum absolute atomic E-state index is 0.0240. The van der Waals surface area contributed by atoms with Crippen LogP contribution in [0, 0.1) is 0 Å². The second-order valence-electron chi connectivity index (χ2n) is 18.1. The first-order chi connectivity index (χ1) is 22.0. The Bertz CT molecular complexity index is 1250. The molecule has 1 fully saturated rings. The van der Waals surface area contributed by atoms with Gasteiger partial charge in [-0.2, -0.15) is 0 Å². The Morgan fingerprint density at radius 2 is 1.29 bits per heavy atom. The van der Waals surface area contributed by atoms with Crippen LogP contribution in [-0.2, 0) is 22.8 Å². The number of carbonyl (C=O) groups excluding carboxylic acids is 1. The highest BCUT2D eigenvalue weighted by molar-refractivity contribution is 8.23. The summed E-state index contributed by atoms with van der Waals surface area (Å²) < 4.78 is 35.4. The van der Waals surface area contributed by atoms with Crippen LogP contribution in [0.3, 0.4) is 0 Å². The molecule has 1 aliphatic heterocycles. The molecule has 0 aromatic heterocycles. The lowest BCUT2D eigenvalue weighted by Crippen LogP contribution is -2.56. The lowest BCUT2D eigenvalue weighted by Gasteiger charge is -2.45. The number of ketones is 1. The van der Waals surface area contributed by atoms with E-state index in [1.165, 1.54) is 11.8 Å². The molecule has 1 aromatic rings. The van der Waals surface area contributed by atoms with Crippen LogP contribution in [0.5, 0.6) is 0 Å². The largest absolute Gasteiger partial charge is 0.479 e. The van der Waals surface area contributed by atoms with Crippen LogP contribution < -0.4 is 0 Å². The van der Waals surface area contributed by atoms with Gasteiger partial charge in [0.2, 0.25) is 4.38 Å². The van der Waals surface area contributed by atoms with E-state index in [0.29, 0.717) is 34.4 Å². The number of Topliss-reactive ketones (excluding diaryl/α,β-unsaturated/α-hetero) is 1. The molecule has 12 heteroatoms. The number of thioether (sulfide) groups is 1. The molecular weight excluding hydrogens is 724 g/mol. The second kappa shape index (κ2) is 16.9. The second-order valence-corrected chi connectivity index (χ2v) is 34.7. The zero-order valence-electron chi connectivity index (χ0n) is 33.5. The Kier molecular flexibility index (Phi) is 15.6. The molecule has 282 valence electrons. The lowest BCUT2D eigenvalue weighted by molar-refractivity contribution is -0.0508. The Labute approximate surface area is 317 Å². The van der Waals surface area contributed by atoms with E-state index < -0.39 is 37.2 Å². The minimum atomic E-state index is -2.35. The molecule has 6 atom stereocenters. The van der Waals surface area contributed by atoms with E-state index in [-0.39, 0.29) is 44.5 Å². The summed E-state index contributed by atoms with van der Waals surface area (Å²) >= 11 is 13.3. The third-order valence-corrected chi connectivity index (χ3v) is 26.5. The highest BCUT2D eigenvalue weighted by atomic mass is 35.5. The summed E-state index contributed by atoms with van der Waals surface area (Å²) in [6.45, 7) is 38.6. The van der Waals surface area contributed by atoms with Gasteiger partial charge in [-0.1, -0.05) is 85.7 Å². The Morgan fingerprint density at radius 1 is 0.837 bits per heavy atom. The molecular formula is C37H67ClO6S2Si3. The summed E-state index contributed by atoms with van der Waals surface area (Å²) in [7, 11) is -6.84. The number of rotatable bonds is 14. The summed E-state index contributed by atoms with van der Waals surface area (Å²) in [6.07, 6.45) is -0.951. The van der Waals surface area contributed by atoms with Gasteiger partial charge in [0.15, 0.2) is 30.7 Å². The molecule has 1 saturated heterocycles. The number of carbonyl (C=O) groups is 1. The standard InChI is InChI=1S/C37H67ClO6S2Si3/c1-18-40-34(45)46-29(24-23-28(39)26-19-21-27(38)22-20-26)31-33(44-49(16,17)37(9,10)11)32(43-48(14,15)36(6,7)8)30(41-31)25(2)42-47(12,13)35(3,4)5/h19-22,25,29-33H,18,23-24H2,1-17H3/t25-,29-,30+,31-,32+,33+/m1/s1. The molecule has 0 N–H and O–H groups in total. The van der Waals surface area contributed by atoms with Crippen molar-refractivity contribution in [2.45, 2.75) is 179 Å². The van der Waals surface area contributed by atoms with Crippen molar-refractivity contribution in [1.29, 1.82) is 0 Å². The van der Waals surface area contributed by atoms with E-state index in [1.54, 1.807) is 24.3 Å². The maximum atomic E-state index is 13.5. The van der Waals surface area contributed by atoms with Crippen LogP contribution in [-0.4, -0.2) is 77.5 Å². The van der Waals surface area contributed by atoms with E-state index in [1.807, 2.05) is 6.92 Å². The van der Waals surface area contributed by atoms with Crippen molar-refractivity contribution in [2.24, 2.45) is 0 Å². The van der Waals surface area contributed by atoms with Crippen molar-refractivity contribution >= 4 is 70.7 Å². The van der Waals surface area contributed by atoms with Gasteiger partial charge < -0.3 is 22.8 Å². The number of hydrogen-bond donors (Lipinski definition) is 0. The third-order valence-electron chi connectivity index (χ3n) is 11.2. The normalized spacial score (nSPS) is 22.6. The fourth-order valence-electron chi connectivity index (χ4n) is 5.02. The SMILES string of the molecule is CCOC(=S)S[C@H](CCC(=O)c1ccc(Cl)cc1)[C@H]1O[C@@H]([C@@H](C)O[Si](C)(C)C(C)(C)C)[C@H](O[Si](C)(C)C(C)(C)C)[C@H]1O[Si](C)(C)C(C)(C)C. The molecule has 1 aliphatic rings. The quantitative estimate of drug-likeness (QED) is 0.105. The zero-order chi connectivity index (χ0) is 38.0. The number of ether oxygens (including phenoxy) is 2. The van der Waals surface area contributed by atoms with Gasteiger partial charge in [-0.3, -0.25) is 4.79 Å². The predicted octanol–water partition coefficient (Wildman–Crippen LogP) is 11.7. The summed E-state index contributed by atoms with van der Waals surface area (Å²) in [6, 6.07) is 7.08. The molecule has 2 rings (SSSR count). The van der Waals surface area contributed by atoms with Crippen molar-refractivity contribution in [1.82, 2.24) is 0 Å². The summed E-state index contributed by atoms with van der Waals surface area (Å²) in [5.74, 6) is 0.0460. The zero-order valence-corrected chi connectivity index (χ0v) is 38.9. The van der Waals surface area contributed by atoms with E-state index in [0.717, 1.165) is 0 Å². The van der Waals surface area contributed by atoms with Crippen molar-refractivity contribution in [3.63, 3.8) is 0 Å². The van der Waals surface area contributed by atoms with Crippen molar-refractivity contribution in [3.8, 4) is 0 Å². The lowest BCUT2D eigenvalue weighted by atomic mass is 9.99.